The second-order valence-corrected chi connectivity index (χ2v) is 3.76. The van der Waals surface area contributed by atoms with Crippen LogP contribution in [0.4, 0.5) is 17.6 Å². The molecule has 1 saturated carbocycles. The van der Waals surface area contributed by atoms with E-state index in [9.17, 15) is 22.4 Å². The van der Waals surface area contributed by atoms with Crippen LogP contribution in [-0.2, 0) is 6.54 Å². The molecule has 3 unspecified atom stereocenters. The molecule has 1 aromatic heterocycles. The molecule has 0 aromatic carbocycles. The highest BCUT2D eigenvalue weighted by molar-refractivity contribution is 5.84. The standard InChI is InChI=1S/C8H7F4N3O2/c9-5-3(8(11,12)6(5)10)1-15-2-4(7(16)17)13-14-15/h2-3,5-6H,1H2,(H,16,17). The van der Waals surface area contributed by atoms with Crippen LogP contribution in [0.2, 0.25) is 0 Å². The molecule has 9 heteroatoms. The van der Waals surface area contributed by atoms with Gasteiger partial charge in [0.15, 0.2) is 11.9 Å². The summed E-state index contributed by atoms with van der Waals surface area (Å²) < 4.78 is 52.0. The molecule has 94 valence electrons. The first kappa shape index (κ1) is 11.8. The van der Waals surface area contributed by atoms with Crippen LogP contribution >= 0.6 is 0 Å². The van der Waals surface area contributed by atoms with Crippen LogP contribution in [0.1, 0.15) is 10.5 Å². The number of hydrogen-bond donors (Lipinski definition) is 1. The molecular formula is C8H7F4N3O2. The number of alkyl halides is 4. The number of carboxylic acids is 1. The van der Waals surface area contributed by atoms with E-state index in [2.05, 4.69) is 10.3 Å². The number of carbonyl (C=O) groups is 1. The zero-order chi connectivity index (χ0) is 12.8. The van der Waals surface area contributed by atoms with Gasteiger partial charge in [-0.2, -0.15) is 0 Å². The third-order valence-corrected chi connectivity index (χ3v) is 2.67. The van der Waals surface area contributed by atoms with Gasteiger partial charge in [-0.05, 0) is 0 Å². The van der Waals surface area contributed by atoms with Gasteiger partial charge in [0, 0.05) is 0 Å². The van der Waals surface area contributed by atoms with E-state index in [1.54, 1.807) is 0 Å². The summed E-state index contributed by atoms with van der Waals surface area (Å²) in [6.07, 6.45) is -4.20. The first-order valence-electron chi connectivity index (χ1n) is 4.63. The predicted octanol–water partition coefficient (Wildman–Crippen LogP) is 0.918. The summed E-state index contributed by atoms with van der Waals surface area (Å²) in [5.41, 5.74) is -0.445. The molecule has 0 amide bonds. The average Bonchev–Trinajstić information content (AvgIpc) is 2.73. The number of halogens is 4. The molecule has 0 aliphatic heterocycles. The first-order chi connectivity index (χ1) is 7.84. The van der Waals surface area contributed by atoms with Crippen molar-refractivity contribution in [2.75, 3.05) is 0 Å². The Morgan fingerprint density at radius 3 is 2.65 bits per heavy atom. The molecule has 1 aliphatic carbocycles. The van der Waals surface area contributed by atoms with Gasteiger partial charge in [0.05, 0.1) is 18.7 Å². The minimum atomic E-state index is -3.76. The quantitative estimate of drug-likeness (QED) is 0.813. The number of carboxylic acid groups (broad SMARTS) is 1. The van der Waals surface area contributed by atoms with Crippen LogP contribution in [-0.4, -0.2) is 44.3 Å². The zero-order valence-corrected chi connectivity index (χ0v) is 8.23. The Hall–Kier alpha value is -1.67. The molecular weight excluding hydrogens is 246 g/mol. The Kier molecular flexibility index (Phi) is 2.55. The highest BCUT2D eigenvalue weighted by Crippen LogP contribution is 2.48. The average molecular weight is 253 g/mol. The second-order valence-electron chi connectivity index (χ2n) is 3.76. The Balaban J connectivity index is 2.09. The van der Waals surface area contributed by atoms with E-state index in [-0.39, 0.29) is 0 Å². The Labute approximate surface area is 92.0 Å². The minimum Gasteiger partial charge on any atom is -0.476 e. The van der Waals surface area contributed by atoms with Crippen LogP contribution in [0.25, 0.3) is 0 Å². The number of nitrogens with zero attached hydrogens (tertiary/aromatic N) is 3. The zero-order valence-electron chi connectivity index (χ0n) is 8.23. The largest absolute Gasteiger partial charge is 0.476 e. The van der Waals surface area contributed by atoms with E-state index in [1.807, 2.05) is 0 Å². The van der Waals surface area contributed by atoms with Crippen molar-refractivity contribution in [3.63, 3.8) is 0 Å². The summed E-state index contributed by atoms with van der Waals surface area (Å²) in [5.74, 6) is -6.98. The smallest absolute Gasteiger partial charge is 0.358 e. The normalized spacial score (nSPS) is 30.9. The summed E-state index contributed by atoms with van der Waals surface area (Å²) in [5, 5.41) is 14.9. The molecule has 1 aliphatic rings. The monoisotopic (exact) mass is 253 g/mol. The Bertz CT molecular complexity index is 450. The molecule has 1 heterocycles. The lowest BCUT2D eigenvalue weighted by molar-refractivity contribution is -0.243. The van der Waals surface area contributed by atoms with E-state index in [1.165, 1.54) is 0 Å². The minimum absolute atomic E-state index is 0.445. The number of aromatic carboxylic acids is 1. The van der Waals surface area contributed by atoms with Gasteiger partial charge in [-0.3, -0.25) is 4.68 Å². The molecule has 0 bridgehead atoms. The van der Waals surface area contributed by atoms with Crippen molar-refractivity contribution in [1.29, 1.82) is 0 Å². The maximum Gasteiger partial charge on any atom is 0.358 e. The van der Waals surface area contributed by atoms with Gasteiger partial charge in [0.1, 0.15) is 6.17 Å². The van der Waals surface area contributed by atoms with Gasteiger partial charge in [0.25, 0.3) is 5.92 Å². The first-order valence-corrected chi connectivity index (χ1v) is 4.63. The molecule has 1 N–H and O–H groups in total. The van der Waals surface area contributed by atoms with Gasteiger partial charge in [-0.15, -0.1) is 5.10 Å². The maximum absolute atomic E-state index is 12.9. The van der Waals surface area contributed by atoms with Crippen LogP contribution in [0, 0.1) is 5.92 Å². The molecule has 17 heavy (non-hydrogen) atoms. The summed E-state index contributed by atoms with van der Waals surface area (Å²) in [4.78, 5) is 10.4. The summed E-state index contributed by atoms with van der Waals surface area (Å²) in [6.45, 7) is -0.616. The van der Waals surface area contributed by atoms with Crippen molar-refractivity contribution in [1.82, 2.24) is 15.0 Å². The molecule has 5 nitrogen and oxygen atoms in total. The molecule has 3 atom stereocenters. The fourth-order valence-corrected chi connectivity index (χ4v) is 1.62. The second kappa shape index (κ2) is 3.67. The van der Waals surface area contributed by atoms with E-state index >= 15 is 0 Å². The van der Waals surface area contributed by atoms with Crippen LogP contribution < -0.4 is 0 Å². The van der Waals surface area contributed by atoms with E-state index < -0.39 is 42.4 Å². The maximum atomic E-state index is 12.9. The molecule has 0 saturated heterocycles. The topological polar surface area (TPSA) is 68.0 Å². The number of aromatic nitrogens is 3. The molecule has 0 spiro atoms. The van der Waals surface area contributed by atoms with Crippen LogP contribution in [0.15, 0.2) is 6.20 Å². The summed E-state index contributed by atoms with van der Waals surface area (Å²) in [6, 6.07) is 0. The molecule has 1 fully saturated rings. The predicted molar refractivity (Wildman–Crippen MR) is 45.2 cm³/mol. The van der Waals surface area contributed by atoms with Crippen molar-refractivity contribution in [3.05, 3.63) is 11.9 Å². The van der Waals surface area contributed by atoms with Crippen LogP contribution in [0.5, 0.6) is 0 Å². The molecule has 1 aromatic rings. The summed E-state index contributed by atoms with van der Waals surface area (Å²) in [7, 11) is 0. The van der Waals surface area contributed by atoms with Gasteiger partial charge >= 0.3 is 5.97 Å². The Morgan fingerprint density at radius 1 is 1.53 bits per heavy atom. The third kappa shape index (κ3) is 1.75. The summed E-state index contributed by atoms with van der Waals surface area (Å²) >= 11 is 0. The molecule has 2 rings (SSSR count). The van der Waals surface area contributed by atoms with Crippen molar-refractivity contribution in [2.45, 2.75) is 24.8 Å². The lowest BCUT2D eigenvalue weighted by atomic mass is 9.77. The lowest BCUT2D eigenvalue weighted by Crippen LogP contribution is -2.62. The SMILES string of the molecule is O=C(O)c1cn(CC2C(F)C(F)C2(F)F)nn1. The highest BCUT2D eigenvalue weighted by Gasteiger charge is 2.66. The van der Waals surface area contributed by atoms with Crippen molar-refractivity contribution in [3.8, 4) is 0 Å². The highest BCUT2D eigenvalue weighted by atomic mass is 19.3. The van der Waals surface area contributed by atoms with Gasteiger partial charge in [-0.1, -0.05) is 5.21 Å². The van der Waals surface area contributed by atoms with E-state index in [4.69, 9.17) is 5.11 Å². The lowest BCUT2D eigenvalue weighted by Gasteiger charge is -2.42. The van der Waals surface area contributed by atoms with Gasteiger partial charge < -0.3 is 5.11 Å². The van der Waals surface area contributed by atoms with Gasteiger partial charge in [-0.25, -0.2) is 22.4 Å². The fraction of sp³-hybridized carbons (Fsp3) is 0.625. The van der Waals surface area contributed by atoms with E-state index in [0.717, 1.165) is 10.9 Å². The van der Waals surface area contributed by atoms with E-state index in [0.29, 0.717) is 0 Å². The fourth-order valence-electron chi connectivity index (χ4n) is 1.62. The van der Waals surface area contributed by atoms with Gasteiger partial charge in [0.2, 0.25) is 0 Å². The van der Waals surface area contributed by atoms with Crippen molar-refractivity contribution < 1.29 is 27.5 Å². The van der Waals surface area contributed by atoms with Crippen LogP contribution in [0.3, 0.4) is 0 Å². The van der Waals surface area contributed by atoms with Crippen molar-refractivity contribution in [2.24, 2.45) is 5.92 Å². The third-order valence-electron chi connectivity index (χ3n) is 2.67. The Morgan fingerprint density at radius 2 is 2.18 bits per heavy atom. The number of rotatable bonds is 3. The number of hydrogen-bond acceptors (Lipinski definition) is 3. The van der Waals surface area contributed by atoms with Crippen molar-refractivity contribution >= 4 is 5.97 Å². The molecule has 0 radical (unpaired) electrons.